The number of oxime groups is 1. The first-order valence-electron chi connectivity index (χ1n) is 3.82. The van der Waals surface area contributed by atoms with Crippen LogP contribution in [0, 0.1) is 0 Å². The molecule has 0 unspecified atom stereocenters. The third-order valence-corrected chi connectivity index (χ3v) is 3.01. The van der Waals surface area contributed by atoms with Gasteiger partial charge in [0, 0.05) is 23.2 Å². The Kier molecular flexibility index (Phi) is 2.85. The SMILES string of the molecule is CON=C(c1nccs1)c1nccs1. The molecule has 0 saturated carbocycles. The van der Waals surface area contributed by atoms with E-state index in [1.165, 1.54) is 29.8 Å². The van der Waals surface area contributed by atoms with Crippen LogP contribution in [0.4, 0.5) is 0 Å². The second-order valence-corrected chi connectivity index (χ2v) is 4.09. The lowest BCUT2D eigenvalue weighted by Gasteiger charge is -1.96. The van der Waals surface area contributed by atoms with Gasteiger partial charge in [-0.25, -0.2) is 9.97 Å². The fraction of sp³-hybridized carbons (Fsp3) is 0.125. The molecule has 72 valence electrons. The lowest BCUT2D eigenvalue weighted by molar-refractivity contribution is 0.214. The van der Waals surface area contributed by atoms with Crippen LogP contribution in [0.3, 0.4) is 0 Å². The van der Waals surface area contributed by atoms with Crippen LogP contribution in [0.25, 0.3) is 0 Å². The average Bonchev–Trinajstić information content (AvgIpc) is 2.87. The summed E-state index contributed by atoms with van der Waals surface area (Å²) < 4.78 is 0. The topological polar surface area (TPSA) is 47.4 Å². The smallest absolute Gasteiger partial charge is 0.174 e. The van der Waals surface area contributed by atoms with E-state index in [1.807, 2.05) is 10.8 Å². The van der Waals surface area contributed by atoms with Gasteiger partial charge in [0.05, 0.1) is 0 Å². The van der Waals surface area contributed by atoms with Crippen LogP contribution in [0.2, 0.25) is 0 Å². The number of aromatic nitrogens is 2. The van der Waals surface area contributed by atoms with E-state index in [-0.39, 0.29) is 0 Å². The van der Waals surface area contributed by atoms with Crippen molar-refractivity contribution in [2.45, 2.75) is 0 Å². The molecule has 0 N–H and O–H groups in total. The molecule has 2 aromatic rings. The van der Waals surface area contributed by atoms with E-state index in [4.69, 9.17) is 4.84 Å². The summed E-state index contributed by atoms with van der Waals surface area (Å²) in [5.41, 5.74) is 0.692. The summed E-state index contributed by atoms with van der Waals surface area (Å²) in [6.45, 7) is 0. The number of thiazole rings is 2. The maximum atomic E-state index is 4.77. The minimum atomic E-state index is 0.692. The van der Waals surface area contributed by atoms with Crippen molar-refractivity contribution in [3.05, 3.63) is 33.2 Å². The van der Waals surface area contributed by atoms with Crippen LogP contribution < -0.4 is 0 Å². The highest BCUT2D eigenvalue weighted by Crippen LogP contribution is 2.15. The first kappa shape index (κ1) is 9.29. The molecule has 0 atom stereocenters. The van der Waals surface area contributed by atoms with Crippen molar-refractivity contribution < 1.29 is 4.84 Å². The van der Waals surface area contributed by atoms with Gasteiger partial charge in [-0.15, -0.1) is 22.7 Å². The van der Waals surface area contributed by atoms with E-state index >= 15 is 0 Å². The highest BCUT2D eigenvalue weighted by Gasteiger charge is 2.12. The van der Waals surface area contributed by atoms with Crippen molar-refractivity contribution in [1.82, 2.24) is 9.97 Å². The van der Waals surface area contributed by atoms with Crippen LogP contribution in [0.15, 0.2) is 28.3 Å². The van der Waals surface area contributed by atoms with Gasteiger partial charge in [-0.3, -0.25) is 0 Å². The van der Waals surface area contributed by atoms with E-state index in [9.17, 15) is 0 Å². The van der Waals surface area contributed by atoms with Gasteiger partial charge in [0.25, 0.3) is 0 Å². The van der Waals surface area contributed by atoms with E-state index in [2.05, 4.69) is 15.1 Å². The molecule has 0 fully saturated rings. The Morgan fingerprint density at radius 1 is 1.21 bits per heavy atom. The predicted molar refractivity (Wildman–Crippen MR) is 56.9 cm³/mol. The molecule has 0 spiro atoms. The number of rotatable bonds is 3. The maximum Gasteiger partial charge on any atom is 0.174 e. The van der Waals surface area contributed by atoms with E-state index in [0.29, 0.717) is 5.71 Å². The van der Waals surface area contributed by atoms with Gasteiger partial charge in [-0.1, -0.05) is 5.16 Å². The number of hydrogen-bond acceptors (Lipinski definition) is 6. The van der Waals surface area contributed by atoms with Crippen molar-refractivity contribution >= 4 is 28.4 Å². The van der Waals surface area contributed by atoms with Gasteiger partial charge in [-0.2, -0.15) is 0 Å². The predicted octanol–water partition coefficient (Wildman–Crippen LogP) is 2.00. The molecule has 6 heteroatoms. The molecule has 0 aliphatic heterocycles. The van der Waals surface area contributed by atoms with Crippen LogP contribution in [-0.2, 0) is 4.84 Å². The first-order chi connectivity index (χ1) is 6.92. The van der Waals surface area contributed by atoms with Gasteiger partial charge in [-0.05, 0) is 0 Å². The lowest BCUT2D eigenvalue weighted by Crippen LogP contribution is -2.02. The van der Waals surface area contributed by atoms with Gasteiger partial charge < -0.3 is 4.84 Å². The van der Waals surface area contributed by atoms with E-state index in [0.717, 1.165) is 10.0 Å². The van der Waals surface area contributed by atoms with Crippen LogP contribution in [0.5, 0.6) is 0 Å². The summed E-state index contributed by atoms with van der Waals surface area (Å²) in [5, 5.41) is 9.36. The third kappa shape index (κ3) is 1.80. The fourth-order valence-corrected chi connectivity index (χ4v) is 2.24. The largest absolute Gasteiger partial charge is 0.398 e. The molecule has 0 bridgehead atoms. The van der Waals surface area contributed by atoms with Crippen molar-refractivity contribution in [1.29, 1.82) is 0 Å². The monoisotopic (exact) mass is 225 g/mol. The Morgan fingerprint density at radius 3 is 2.14 bits per heavy atom. The molecule has 0 radical (unpaired) electrons. The zero-order valence-corrected chi connectivity index (χ0v) is 9.01. The first-order valence-corrected chi connectivity index (χ1v) is 5.58. The Bertz CT molecular complexity index is 371. The second kappa shape index (κ2) is 4.30. The van der Waals surface area contributed by atoms with Crippen molar-refractivity contribution in [2.24, 2.45) is 5.16 Å². The van der Waals surface area contributed by atoms with Crippen molar-refractivity contribution in [3.63, 3.8) is 0 Å². The van der Waals surface area contributed by atoms with Crippen LogP contribution >= 0.6 is 22.7 Å². The standard InChI is InChI=1S/C8H7N3OS2/c1-12-11-6(7-9-2-4-13-7)8-10-3-5-14-8/h2-5H,1H3. The van der Waals surface area contributed by atoms with Crippen molar-refractivity contribution in [3.8, 4) is 0 Å². The molecular weight excluding hydrogens is 218 g/mol. The summed E-state index contributed by atoms with van der Waals surface area (Å²) in [4.78, 5) is 13.1. The highest BCUT2D eigenvalue weighted by atomic mass is 32.1. The molecule has 4 nitrogen and oxygen atoms in total. The molecule has 0 aliphatic carbocycles. The molecule has 14 heavy (non-hydrogen) atoms. The summed E-state index contributed by atoms with van der Waals surface area (Å²) in [6.07, 6.45) is 3.47. The Morgan fingerprint density at radius 2 is 1.79 bits per heavy atom. The van der Waals surface area contributed by atoms with Crippen molar-refractivity contribution in [2.75, 3.05) is 7.11 Å². The zero-order valence-electron chi connectivity index (χ0n) is 7.38. The summed E-state index contributed by atoms with van der Waals surface area (Å²) >= 11 is 3.03. The molecule has 0 aliphatic rings. The van der Waals surface area contributed by atoms with Gasteiger partial charge in [0.2, 0.25) is 0 Å². The summed E-state index contributed by atoms with van der Waals surface area (Å²) in [7, 11) is 1.52. The average molecular weight is 225 g/mol. The maximum absolute atomic E-state index is 4.77. The molecule has 0 aromatic carbocycles. The second-order valence-electron chi connectivity index (χ2n) is 2.30. The minimum absolute atomic E-state index is 0.692. The van der Waals surface area contributed by atoms with E-state index in [1.54, 1.807) is 12.4 Å². The Hall–Kier alpha value is -1.27. The lowest BCUT2D eigenvalue weighted by atomic mass is 10.4. The minimum Gasteiger partial charge on any atom is -0.398 e. The quantitative estimate of drug-likeness (QED) is 0.593. The Balaban J connectivity index is 2.40. The number of hydrogen-bond donors (Lipinski definition) is 0. The normalized spacial score (nSPS) is 9.79. The zero-order chi connectivity index (χ0) is 9.80. The van der Waals surface area contributed by atoms with Gasteiger partial charge in [0.15, 0.2) is 5.71 Å². The van der Waals surface area contributed by atoms with Crippen LogP contribution in [0.1, 0.15) is 10.0 Å². The molecular formula is C8H7N3OS2. The third-order valence-electron chi connectivity index (χ3n) is 1.45. The molecule has 2 rings (SSSR count). The molecule has 0 saturated heterocycles. The van der Waals surface area contributed by atoms with Gasteiger partial charge in [0.1, 0.15) is 17.1 Å². The molecule has 2 heterocycles. The van der Waals surface area contributed by atoms with E-state index < -0.39 is 0 Å². The van der Waals surface area contributed by atoms with Gasteiger partial charge >= 0.3 is 0 Å². The summed E-state index contributed by atoms with van der Waals surface area (Å²) in [6, 6.07) is 0. The molecule has 0 amide bonds. The Labute approximate surface area is 88.9 Å². The fourth-order valence-electron chi connectivity index (χ4n) is 0.942. The highest BCUT2D eigenvalue weighted by molar-refractivity contribution is 7.15. The molecule has 2 aromatic heterocycles. The summed E-state index contributed by atoms with van der Waals surface area (Å²) in [5.74, 6) is 0. The van der Waals surface area contributed by atoms with Crippen LogP contribution in [-0.4, -0.2) is 22.8 Å². The number of nitrogens with zero attached hydrogens (tertiary/aromatic N) is 3.